The number of hydrogen-bond acceptors (Lipinski definition) is 5. The second-order valence-corrected chi connectivity index (χ2v) is 8.40. The summed E-state index contributed by atoms with van der Waals surface area (Å²) in [7, 11) is 0. The van der Waals surface area contributed by atoms with E-state index in [4.69, 9.17) is 4.74 Å². The van der Waals surface area contributed by atoms with E-state index in [2.05, 4.69) is 22.9 Å². The summed E-state index contributed by atoms with van der Waals surface area (Å²) in [4.78, 5) is 24.7. The zero-order valence-electron chi connectivity index (χ0n) is 16.4. The third-order valence-electron chi connectivity index (χ3n) is 4.09. The van der Waals surface area contributed by atoms with Gasteiger partial charge in [0.05, 0.1) is 12.1 Å². The Morgan fingerprint density at radius 2 is 1.92 bits per heavy atom. The number of amides is 2. The Kier molecular flexibility index (Phi) is 8.15. The number of nitrogens with one attached hydrogen (secondary N) is 3. The minimum Gasteiger partial charge on any atom is -0.444 e. The number of β-amino-alcohol motifs (C(OH)–C–C–N with tert-alkyl or cyclic N) is 1. The molecule has 0 saturated carbocycles. The van der Waals surface area contributed by atoms with E-state index in [0.29, 0.717) is 25.4 Å². The maximum Gasteiger partial charge on any atom is 0.408 e. The van der Waals surface area contributed by atoms with Gasteiger partial charge in [0, 0.05) is 12.6 Å². The van der Waals surface area contributed by atoms with Gasteiger partial charge >= 0.3 is 6.09 Å². The van der Waals surface area contributed by atoms with Crippen molar-refractivity contribution in [1.82, 2.24) is 16.0 Å². The Morgan fingerprint density at radius 1 is 1.28 bits per heavy atom. The predicted molar refractivity (Wildman–Crippen MR) is 97.2 cm³/mol. The van der Waals surface area contributed by atoms with Crippen LogP contribution >= 0.6 is 0 Å². The molecule has 0 bridgehead atoms. The average Bonchev–Trinajstić information content (AvgIpc) is 2.59. The van der Waals surface area contributed by atoms with Crippen LogP contribution in [0.4, 0.5) is 4.79 Å². The van der Waals surface area contributed by atoms with Crippen molar-refractivity contribution in [3.63, 3.8) is 0 Å². The van der Waals surface area contributed by atoms with E-state index in [1.165, 1.54) is 0 Å². The number of carbonyl (C=O) groups excluding carboxylic acids is 2. The summed E-state index contributed by atoms with van der Waals surface area (Å²) >= 11 is 0. The number of carbonyl (C=O) groups is 2. The lowest BCUT2D eigenvalue weighted by atomic mass is 10.0. The average molecular weight is 357 g/mol. The molecule has 2 amide bonds. The van der Waals surface area contributed by atoms with Crippen molar-refractivity contribution >= 4 is 12.0 Å². The maximum absolute atomic E-state index is 12.7. The fourth-order valence-electron chi connectivity index (χ4n) is 2.79. The highest BCUT2D eigenvalue weighted by Gasteiger charge is 2.30. The second kappa shape index (κ2) is 9.38. The monoisotopic (exact) mass is 357 g/mol. The molecule has 1 fully saturated rings. The van der Waals surface area contributed by atoms with Crippen molar-refractivity contribution in [2.45, 2.75) is 90.6 Å². The third kappa shape index (κ3) is 8.54. The molecule has 0 aromatic rings. The molecule has 4 atom stereocenters. The van der Waals surface area contributed by atoms with Gasteiger partial charge in [-0.3, -0.25) is 4.79 Å². The van der Waals surface area contributed by atoms with E-state index in [9.17, 15) is 14.7 Å². The van der Waals surface area contributed by atoms with Gasteiger partial charge in [0.15, 0.2) is 0 Å². The molecular weight excluding hydrogens is 322 g/mol. The van der Waals surface area contributed by atoms with Crippen molar-refractivity contribution < 1.29 is 19.4 Å². The highest BCUT2D eigenvalue weighted by Crippen LogP contribution is 2.13. The Bertz CT molecular complexity index is 448. The van der Waals surface area contributed by atoms with Crippen LogP contribution in [0.25, 0.3) is 0 Å². The van der Waals surface area contributed by atoms with Crippen LogP contribution in [0.15, 0.2) is 0 Å². The minimum atomic E-state index is -0.685. The first kappa shape index (κ1) is 21.7. The molecule has 1 saturated heterocycles. The summed E-state index contributed by atoms with van der Waals surface area (Å²) in [6, 6.07) is -0.696. The number of alkyl carbamates (subject to hydrolysis) is 1. The van der Waals surface area contributed by atoms with Gasteiger partial charge in [0.2, 0.25) is 5.91 Å². The summed E-state index contributed by atoms with van der Waals surface area (Å²) in [5, 5.41) is 19.0. The Morgan fingerprint density at radius 3 is 2.48 bits per heavy atom. The largest absolute Gasteiger partial charge is 0.444 e. The first-order chi connectivity index (χ1) is 11.5. The smallest absolute Gasteiger partial charge is 0.408 e. The van der Waals surface area contributed by atoms with E-state index in [1.54, 1.807) is 20.8 Å². The summed E-state index contributed by atoms with van der Waals surface area (Å²) in [5.74, 6) is -0.0513. The quantitative estimate of drug-likeness (QED) is 0.598. The zero-order chi connectivity index (χ0) is 19.2. The van der Waals surface area contributed by atoms with Crippen LogP contribution in [0.1, 0.15) is 60.8 Å². The van der Waals surface area contributed by atoms with Crippen molar-refractivity contribution in [2.24, 2.45) is 5.92 Å². The van der Waals surface area contributed by atoms with Gasteiger partial charge in [0.1, 0.15) is 11.6 Å². The van der Waals surface area contributed by atoms with Crippen molar-refractivity contribution in [3.8, 4) is 0 Å². The lowest BCUT2D eigenvalue weighted by molar-refractivity contribution is -0.125. The molecule has 7 nitrogen and oxygen atoms in total. The third-order valence-corrected chi connectivity index (χ3v) is 4.09. The van der Waals surface area contributed by atoms with E-state index < -0.39 is 23.8 Å². The standard InChI is InChI=1S/C18H35N3O4/c1-11(2)9-14(21-17(24)25-18(4,5)6)16(23)20-13-8-7-12(3)19-10-15(13)22/h11-15,19,22H,7-10H2,1-6H3,(H,20,23)(H,21,24)/t12?,13?,14-,15?/m0/s1. The summed E-state index contributed by atoms with van der Waals surface area (Å²) in [6.07, 6.45) is 0.820. The number of aliphatic hydroxyl groups is 1. The van der Waals surface area contributed by atoms with E-state index >= 15 is 0 Å². The first-order valence-corrected chi connectivity index (χ1v) is 9.19. The van der Waals surface area contributed by atoms with Gasteiger partial charge in [-0.1, -0.05) is 13.8 Å². The van der Waals surface area contributed by atoms with Gasteiger partial charge in [-0.25, -0.2) is 4.79 Å². The Balaban J connectivity index is 2.70. The van der Waals surface area contributed by atoms with Crippen molar-refractivity contribution in [1.29, 1.82) is 0 Å². The SMILES string of the molecule is CC(C)C[C@H](NC(=O)OC(C)(C)C)C(=O)NC1CCC(C)NCC1O. The fourth-order valence-corrected chi connectivity index (χ4v) is 2.79. The molecule has 1 aliphatic rings. The fraction of sp³-hybridized carbons (Fsp3) is 0.889. The van der Waals surface area contributed by atoms with E-state index in [-0.39, 0.29) is 17.9 Å². The lowest BCUT2D eigenvalue weighted by Crippen LogP contribution is -2.54. The molecule has 0 aromatic heterocycles. The van der Waals surface area contributed by atoms with Gasteiger partial charge in [-0.05, 0) is 52.9 Å². The molecule has 7 heteroatoms. The van der Waals surface area contributed by atoms with E-state index in [1.807, 2.05) is 13.8 Å². The van der Waals surface area contributed by atoms with Gasteiger partial charge < -0.3 is 25.8 Å². The summed E-state index contributed by atoms with van der Waals surface area (Å²) < 4.78 is 5.26. The number of hydrogen-bond donors (Lipinski definition) is 4. The van der Waals surface area contributed by atoms with Crippen molar-refractivity contribution in [3.05, 3.63) is 0 Å². The van der Waals surface area contributed by atoms with E-state index in [0.717, 1.165) is 6.42 Å². The summed E-state index contributed by atoms with van der Waals surface area (Å²) in [5.41, 5.74) is -0.623. The Hall–Kier alpha value is -1.34. The molecule has 0 aliphatic carbocycles. The first-order valence-electron chi connectivity index (χ1n) is 9.19. The van der Waals surface area contributed by atoms with Crippen LogP contribution in [-0.4, -0.2) is 53.5 Å². The molecule has 25 heavy (non-hydrogen) atoms. The van der Waals surface area contributed by atoms with Crippen molar-refractivity contribution in [2.75, 3.05) is 6.54 Å². The highest BCUT2D eigenvalue weighted by molar-refractivity contribution is 5.85. The van der Waals surface area contributed by atoms with Crippen LogP contribution in [-0.2, 0) is 9.53 Å². The number of ether oxygens (including phenoxy) is 1. The van der Waals surface area contributed by atoms with Gasteiger partial charge in [0.25, 0.3) is 0 Å². The normalized spacial score (nSPS) is 25.8. The molecule has 4 N–H and O–H groups in total. The highest BCUT2D eigenvalue weighted by atomic mass is 16.6. The van der Waals surface area contributed by atoms with Crippen LogP contribution in [0.5, 0.6) is 0 Å². The molecule has 0 spiro atoms. The molecular formula is C18H35N3O4. The lowest BCUT2D eigenvalue weighted by Gasteiger charge is -2.27. The molecule has 1 heterocycles. The molecule has 146 valence electrons. The predicted octanol–water partition coefficient (Wildman–Crippen LogP) is 1.54. The van der Waals surface area contributed by atoms with Gasteiger partial charge in [-0.2, -0.15) is 0 Å². The van der Waals surface area contributed by atoms with Gasteiger partial charge in [-0.15, -0.1) is 0 Å². The van der Waals surface area contributed by atoms with Crippen LogP contribution in [0.3, 0.4) is 0 Å². The topological polar surface area (TPSA) is 99.7 Å². The summed E-state index contributed by atoms with van der Waals surface area (Å²) in [6.45, 7) is 11.8. The van der Waals surface area contributed by atoms with Crippen LogP contribution in [0, 0.1) is 5.92 Å². The molecule has 0 radical (unpaired) electrons. The molecule has 0 aromatic carbocycles. The van der Waals surface area contributed by atoms with Crippen LogP contribution < -0.4 is 16.0 Å². The van der Waals surface area contributed by atoms with Crippen LogP contribution in [0.2, 0.25) is 0 Å². The zero-order valence-corrected chi connectivity index (χ0v) is 16.4. The second-order valence-electron chi connectivity index (χ2n) is 8.40. The Labute approximate surface area is 151 Å². The maximum atomic E-state index is 12.7. The molecule has 1 aliphatic heterocycles. The number of aliphatic hydroxyl groups excluding tert-OH is 1. The molecule has 1 rings (SSSR count). The molecule has 3 unspecified atom stereocenters. The minimum absolute atomic E-state index is 0.228. The number of rotatable bonds is 5.